The average Bonchev–Trinajstić information content (AvgIpc) is 2.35. The smallest absolute Gasteiger partial charge is 0.141 e. The van der Waals surface area contributed by atoms with E-state index >= 15 is 0 Å². The number of hydrogen-bond acceptors (Lipinski definition) is 2. The fraction of sp³-hybridized carbons (Fsp3) is 0.143. The van der Waals surface area contributed by atoms with Crippen molar-refractivity contribution < 1.29 is 9.13 Å². The van der Waals surface area contributed by atoms with Gasteiger partial charge in [-0.3, -0.25) is 0 Å². The van der Waals surface area contributed by atoms with E-state index in [0.717, 1.165) is 21.5 Å². The molecule has 0 aromatic heterocycles. The lowest BCUT2D eigenvalue weighted by Crippen LogP contribution is -2.01. The third kappa shape index (κ3) is 3.23. The summed E-state index contributed by atoms with van der Waals surface area (Å²) in [5, 5.41) is 3.22. The van der Waals surface area contributed by atoms with Crippen molar-refractivity contribution in [1.82, 2.24) is 0 Å². The van der Waals surface area contributed by atoms with Crippen molar-refractivity contribution in [3.8, 4) is 5.75 Å². The van der Waals surface area contributed by atoms with Crippen molar-refractivity contribution >= 4 is 21.6 Å². The minimum Gasteiger partial charge on any atom is -0.495 e. The van der Waals surface area contributed by atoms with Crippen molar-refractivity contribution in [1.29, 1.82) is 0 Å². The van der Waals surface area contributed by atoms with Gasteiger partial charge in [-0.25, -0.2) is 4.39 Å². The summed E-state index contributed by atoms with van der Waals surface area (Å²) in [5.74, 6) is 0.522. The highest BCUT2D eigenvalue weighted by Gasteiger charge is 2.02. The summed E-state index contributed by atoms with van der Waals surface area (Å²) in [6, 6.07) is 12.5. The molecular formula is C14H13BrFNO. The Balaban J connectivity index is 2.11. The summed E-state index contributed by atoms with van der Waals surface area (Å²) in [6.07, 6.45) is 0. The predicted molar refractivity (Wildman–Crippen MR) is 74.4 cm³/mol. The van der Waals surface area contributed by atoms with Gasteiger partial charge in [-0.1, -0.05) is 28.1 Å². The minimum atomic E-state index is -0.249. The minimum absolute atomic E-state index is 0.249. The van der Waals surface area contributed by atoms with Gasteiger partial charge in [-0.05, 0) is 35.9 Å². The van der Waals surface area contributed by atoms with E-state index < -0.39 is 0 Å². The number of benzene rings is 2. The summed E-state index contributed by atoms with van der Waals surface area (Å²) >= 11 is 3.27. The number of methoxy groups -OCH3 is 1. The Hall–Kier alpha value is -1.55. The van der Waals surface area contributed by atoms with Crippen LogP contribution in [0.3, 0.4) is 0 Å². The third-order valence-corrected chi connectivity index (χ3v) is 2.97. The van der Waals surface area contributed by atoms with Crippen LogP contribution < -0.4 is 10.1 Å². The van der Waals surface area contributed by atoms with E-state index in [1.54, 1.807) is 7.11 Å². The highest BCUT2D eigenvalue weighted by Crippen LogP contribution is 2.24. The summed E-state index contributed by atoms with van der Waals surface area (Å²) < 4.78 is 19.2. The number of nitrogens with one attached hydrogen (secondary N) is 1. The highest BCUT2D eigenvalue weighted by molar-refractivity contribution is 9.10. The van der Waals surface area contributed by atoms with Gasteiger partial charge in [0.15, 0.2) is 0 Å². The van der Waals surface area contributed by atoms with Gasteiger partial charge in [0.05, 0.1) is 12.8 Å². The van der Waals surface area contributed by atoms with Gasteiger partial charge in [0, 0.05) is 11.0 Å². The van der Waals surface area contributed by atoms with E-state index in [0.29, 0.717) is 6.54 Å². The summed E-state index contributed by atoms with van der Waals surface area (Å²) in [7, 11) is 1.62. The molecule has 1 N–H and O–H groups in total. The SMILES string of the molecule is COc1ccccc1NCc1cc(F)cc(Br)c1. The maximum atomic E-state index is 13.2. The molecule has 18 heavy (non-hydrogen) atoms. The number of hydrogen-bond donors (Lipinski definition) is 1. The normalized spacial score (nSPS) is 10.2. The Morgan fingerprint density at radius 3 is 2.72 bits per heavy atom. The molecule has 0 aliphatic rings. The first-order chi connectivity index (χ1) is 8.69. The fourth-order valence-electron chi connectivity index (χ4n) is 1.70. The van der Waals surface area contributed by atoms with Crippen LogP contribution in [0, 0.1) is 5.82 Å². The van der Waals surface area contributed by atoms with E-state index in [9.17, 15) is 4.39 Å². The number of para-hydroxylation sites is 2. The largest absolute Gasteiger partial charge is 0.495 e. The van der Waals surface area contributed by atoms with Crippen molar-refractivity contribution in [2.75, 3.05) is 12.4 Å². The first kappa shape index (κ1) is 12.9. The molecule has 0 bridgehead atoms. The van der Waals surface area contributed by atoms with Crippen LogP contribution in [0.5, 0.6) is 5.75 Å². The lowest BCUT2D eigenvalue weighted by Gasteiger charge is -2.11. The molecule has 4 heteroatoms. The van der Waals surface area contributed by atoms with Gasteiger partial charge in [-0.2, -0.15) is 0 Å². The van der Waals surface area contributed by atoms with Crippen LogP contribution in [-0.4, -0.2) is 7.11 Å². The monoisotopic (exact) mass is 309 g/mol. The zero-order valence-electron chi connectivity index (χ0n) is 9.91. The molecule has 0 aliphatic heterocycles. The molecule has 0 saturated heterocycles. The van der Waals surface area contributed by atoms with Crippen molar-refractivity contribution in [2.24, 2.45) is 0 Å². The van der Waals surface area contributed by atoms with Crippen molar-refractivity contribution in [2.45, 2.75) is 6.54 Å². The quantitative estimate of drug-likeness (QED) is 0.913. The maximum absolute atomic E-state index is 13.2. The zero-order valence-corrected chi connectivity index (χ0v) is 11.5. The number of anilines is 1. The molecule has 0 radical (unpaired) electrons. The molecule has 2 aromatic carbocycles. The van der Waals surface area contributed by atoms with Crippen molar-refractivity contribution in [3.05, 3.63) is 58.3 Å². The van der Waals surface area contributed by atoms with Crippen molar-refractivity contribution in [3.63, 3.8) is 0 Å². The second-order valence-corrected chi connectivity index (χ2v) is 4.75. The Labute approximate surface area is 114 Å². The van der Waals surface area contributed by atoms with Crippen LogP contribution in [-0.2, 0) is 6.54 Å². The molecule has 0 fully saturated rings. The van der Waals surface area contributed by atoms with E-state index in [-0.39, 0.29) is 5.82 Å². The zero-order chi connectivity index (χ0) is 13.0. The van der Waals surface area contributed by atoms with Gasteiger partial charge in [0.25, 0.3) is 0 Å². The molecule has 0 saturated carbocycles. The molecule has 2 nitrogen and oxygen atoms in total. The van der Waals surface area contributed by atoms with Crippen LogP contribution >= 0.6 is 15.9 Å². The van der Waals surface area contributed by atoms with E-state index in [1.807, 2.05) is 30.3 Å². The second-order valence-electron chi connectivity index (χ2n) is 3.83. The molecule has 94 valence electrons. The number of halogens is 2. The molecule has 0 atom stereocenters. The molecule has 2 rings (SSSR count). The Kier molecular flexibility index (Phi) is 4.20. The second kappa shape index (κ2) is 5.87. The summed E-state index contributed by atoms with van der Waals surface area (Å²) in [6.45, 7) is 0.538. The van der Waals surface area contributed by atoms with Crippen LogP contribution in [0.15, 0.2) is 46.9 Å². The van der Waals surface area contributed by atoms with E-state index in [4.69, 9.17) is 4.74 Å². The number of rotatable bonds is 4. The number of ether oxygens (including phenoxy) is 1. The summed E-state index contributed by atoms with van der Waals surface area (Å²) in [4.78, 5) is 0. The standard InChI is InChI=1S/C14H13BrFNO/c1-18-14-5-3-2-4-13(14)17-9-10-6-11(15)8-12(16)7-10/h2-8,17H,9H2,1H3. The topological polar surface area (TPSA) is 21.3 Å². The predicted octanol–water partition coefficient (Wildman–Crippen LogP) is 4.21. The van der Waals surface area contributed by atoms with E-state index in [1.165, 1.54) is 12.1 Å². The lowest BCUT2D eigenvalue weighted by atomic mass is 10.2. The molecule has 2 aromatic rings. The lowest BCUT2D eigenvalue weighted by molar-refractivity contribution is 0.416. The molecule has 0 unspecified atom stereocenters. The van der Waals surface area contributed by atoms with Crippen LogP contribution in [0.4, 0.5) is 10.1 Å². The maximum Gasteiger partial charge on any atom is 0.141 e. The first-order valence-electron chi connectivity index (χ1n) is 5.51. The van der Waals surface area contributed by atoms with E-state index in [2.05, 4.69) is 21.2 Å². The summed E-state index contributed by atoms with van der Waals surface area (Å²) in [5.41, 5.74) is 1.76. The van der Waals surface area contributed by atoms with Crippen LogP contribution in [0.1, 0.15) is 5.56 Å². The third-order valence-electron chi connectivity index (χ3n) is 2.51. The fourth-order valence-corrected chi connectivity index (χ4v) is 2.21. The molecule has 0 spiro atoms. The molecular weight excluding hydrogens is 297 g/mol. The van der Waals surface area contributed by atoms with Gasteiger partial charge in [0.2, 0.25) is 0 Å². The molecule has 0 amide bonds. The molecule has 0 aliphatic carbocycles. The average molecular weight is 310 g/mol. The highest BCUT2D eigenvalue weighted by atomic mass is 79.9. The van der Waals surface area contributed by atoms with Crippen LogP contribution in [0.2, 0.25) is 0 Å². The van der Waals surface area contributed by atoms with Gasteiger partial charge in [0.1, 0.15) is 11.6 Å². The Morgan fingerprint density at radius 2 is 2.00 bits per heavy atom. The Bertz CT molecular complexity index is 525. The van der Waals surface area contributed by atoms with Gasteiger partial charge in [-0.15, -0.1) is 0 Å². The first-order valence-corrected chi connectivity index (χ1v) is 6.30. The van der Waals surface area contributed by atoms with Gasteiger partial charge < -0.3 is 10.1 Å². The molecule has 0 heterocycles. The Morgan fingerprint density at radius 1 is 1.22 bits per heavy atom. The van der Waals surface area contributed by atoms with Crippen LogP contribution in [0.25, 0.3) is 0 Å². The van der Waals surface area contributed by atoms with Gasteiger partial charge >= 0.3 is 0 Å².